The number of aromatic nitrogens is 2. The molecule has 0 spiro atoms. The lowest BCUT2D eigenvalue weighted by Crippen LogP contribution is -2.48. The lowest BCUT2D eigenvalue weighted by atomic mass is 10.2. The minimum Gasteiger partial charge on any atom is -0.485 e. The van der Waals surface area contributed by atoms with Crippen molar-refractivity contribution in [1.82, 2.24) is 19.4 Å². The maximum Gasteiger partial charge on any atom is 0.270 e. The summed E-state index contributed by atoms with van der Waals surface area (Å²) in [6, 6.07) is 22.8. The van der Waals surface area contributed by atoms with E-state index in [2.05, 4.69) is 9.88 Å². The highest BCUT2D eigenvalue weighted by atomic mass is 35.5. The van der Waals surface area contributed by atoms with Crippen molar-refractivity contribution in [3.05, 3.63) is 112 Å². The molecule has 0 saturated carbocycles. The van der Waals surface area contributed by atoms with Gasteiger partial charge in [0.1, 0.15) is 30.5 Å². The molecule has 0 bridgehead atoms. The van der Waals surface area contributed by atoms with E-state index < -0.39 is 19.5 Å². The first kappa shape index (κ1) is 35.1. The van der Waals surface area contributed by atoms with Crippen molar-refractivity contribution in [3.63, 3.8) is 0 Å². The second kappa shape index (κ2) is 15.5. The number of rotatable bonds is 11. The van der Waals surface area contributed by atoms with Crippen LogP contribution < -0.4 is 14.4 Å². The predicted octanol–water partition coefficient (Wildman–Crippen LogP) is 7.59. The molecule has 0 aliphatic carbocycles. The number of amides is 2. The zero-order valence-corrected chi connectivity index (χ0v) is 29.0. The lowest BCUT2D eigenvalue weighted by Gasteiger charge is -2.34. The standard InChI is InChI=1S/C37H35Cl2F2N5O4/c1-43(36(47)26-6-11-31(38)32(39)17-26)27-7-12-35(42-22-27)50-29-10-5-25-18-34(44(2)33(25)19-29)37(48)46-15-13-45(14-16-46)23-24-3-8-28(9-4-24)49-30(20-40)21-41/h3-12,17-19,22,30H,13-16,20-21,23H2,1-2H3. The minimum atomic E-state index is -1.08. The van der Waals surface area contributed by atoms with Crippen LogP contribution in [-0.4, -0.2) is 83.8 Å². The van der Waals surface area contributed by atoms with E-state index in [-0.39, 0.29) is 11.8 Å². The van der Waals surface area contributed by atoms with Crippen molar-refractivity contribution < 1.29 is 27.8 Å². The highest BCUT2D eigenvalue weighted by molar-refractivity contribution is 6.42. The first-order valence-electron chi connectivity index (χ1n) is 16.0. The van der Waals surface area contributed by atoms with E-state index in [1.807, 2.05) is 52.9 Å². The Morgan fingerprint density at radius 3 is 2.26 bits per heavy atom. The maximum atomic E-state index is 13.6. The SMILES string of the molecule is CN(C(=O)c1ccc(Cl)c(Cl)c1)c1ccc(Oc2ccc3cc(C(=O)N4CCN(Cc5ccc(OC(CF)CF)cc5)CC4)n(C)c3c2)nc1. The largest absolute Gasteiger partial charge is 0.485 e. The van der Waals surface area contributed by atoms with Crippen LogP contribution in [0.15, 0.2) is 85.1 Å². The van der Waals surface area contributed by atoms with Crippen LogP contribution in [0, 0.1) is 0 Å². The quantitative estimate of drug-likeness (QED) is 0.140. The van der Waals surface area contributed by atoms with E-state index in [1.54, 1.807) is 49.6 Å². The number of halogens is 4. The molecule has 0 radical (unpaired) electrons. The summed E-state index contributed by atoms with van der Waals surface area (Å²) in [5.41, 5.74) is 3.44. The van der Waals surface area contributed by atoms with Crippen molar-refractivity contribution in [3.8, 4) is 17.4 Å². The number of anilines is 1. The molecule has 1 fully saturated rings. The molecule has 3 heterocycles. The van der Waals surface area contributed by atoms with Gasteiger partial charge in [-0.2, -0.15) is 0 Å². The molecule has 260 valence electrons. The molecule has 6 rings (SSSR count). The zero-order chi connectivity index (χ0) is 35.4. The topological polar surface area (TPSA) is 80.1 Å². The van der Waals surface area contributed by atoms with Gasteiger partial charge in [0.25, 0.3) is 11.8 Å². The molecular weight excluding hydrogens is 687 g/mol. The number of hydrogen-bond acceptors (Lipinski definition) is 6. The monoisotopic (exact) mass is 721 g/mol. The molecule has 0 unspecified atom stereocenters. The Kier molecular flexibility index (Phi) is 10.9. The fourth-order valence-corrected chi connectivity index (χ4v) is 6.07. The first-order valence-corrected chi connectivity index (χ1v) is 16.7. The molecular formula is C37H35Cl2F2N5O4. The number of fused-ring (bicyclic) bond motifs is 1. The van der Waals surface area contributed by atoms with E-state index in [4.69, 9.17) is 32.7 Å². The molecule has 2 aromatic heterocycles. The van der Waals surface area contributed by atoms with Gasteiger partial charge >= 0.3 is 0 Å². The van der Waals surface area contributed by atoms with Gasteiger partial charge in [-0.1, -0.05) is 35.3 Å². The summed E-state index contributed by atoms with van der Waals surface area (Å²) in [6.07, 6.45) is 0.467. The normalized spacial score (nSPS) is 13.5. The maximum absolute atomic E-state index is 13.6. The van der Waals surface area contributed by atoms with Gasteiger partial charge in [0, 0.05) is 69.9 Å². The van der Waals surface area contributed by atoms with Crippen LogP contribution in [0.25, 0.3) is 10.9 Å². The molecule has 1 saturated heterocycles. The van der Waals surface area contributed by atoms with Gasteiger partial charge in [0.05, 0.1) is 27.4 Å². The number of carbonyl (C=O) groups is 2. The minimum absolute atomic E-state index is 0.0422. The molecule has 1 aliphatic heterocycles. The van der Waals surface area contributed by atoms with Crippen LogP contribution in [-0.2, 0) is 13.6 Å². The van der Waals surface area contributed by atoms with Crippen LogP contribution in [0.1, 0.15) is 26.4 Å². The number of pyridine rings is 1. The number of nitrogens with zero attached hydrogens (tertiary/aromatic N) is 5. The Bertz CT molecular complexity index is 1980. The molecule has 50 heavy (non-hydrogen) atoms. The number of carbonyl (C=O) groups excluding carboxylic acids is 2. The summed E-state index contributed by atoms with van der Waals surface area (Å²) < 4.78 is 38.7. The third-order valence-corrected chi connectivity index (χ3v) is 9.41. The Hall–Kier alpha value is -4.71. The average molecular weight is 723 g/mol. The highest BCUT2D eigenvalue weighted by Gasteiger charge is 2.25. The van der Waals surface area contributed by atoms with Gasteiger partial charge in [0.15, 0.2) is 6.10 Å². The van der Waals surface area contributed by atoms with Gasteiger partial charge < -0.3 is 23.8 Å². The third-order valence-electron chi connectivity index (χ3n) is 8.67. The Morgan fingerprint density at radius 1 is 0.880 bits per heavy atom. The number of ether oxygens (including phenoxy) is 2. The Morgan fingerprint density at radius 2 is 1.60 bits per heavy atom. The molecule has 0 atom stereocenters. The van der Waals surface area contributed by atoms with Crippen LogP contribution >= 0.6 is 23.2 Å². The average Bonchev–Trinajstić information content (AvgIpc) is 3.47. The number of hydrogen-bond donors (Lipinski definition) is 0. The molecule has 3 aromatic carbocycles. The summed E-state index contributed by atoms with van der Waals surface area (Å²) >= 11 is 12.1. The Labute approximate surface area is 298 Å². The van der Waals surface area contributed by atoms with Gasteiger partial charge in [-0.15, -0.1) is 0 Å². The molecule has 9 nitrogen and oxygen atoms in total. The second-order valence-corrected chi connectivity index (χ2v) is 12.8. The van der Waals surface area contributed by atoms with Gasteiger partial charge in [-0.25, -0.2) is 13.8 Å². The summed E-state index contributed by atoms with van der Waals surface area (Å²) in [7, 11) is 3.51. The number of alkyl halides is 2. The third kappa shape index (κ3) is 7.85. The lowest BCUT2D eigenvalue weighted by molar-refractivity contribution is 0.0619. The molecule has 13 heteroatoms. The highest BCUT2D eigenvalue weighted by Crippen LogP contribution is 2.29. The summed E-state index contributed by atoms with van der Waals surface area (Å²) in [4.78, 5) is 36.5. The first-order chi connectivity index (χ1) is 24.1. The second-order valence-electron chi connectivity index (χ2n) is 12.0. The van der Waals surface area contributed by atoms with Crippen LogP contribution in [0.5, 0.6) is 17.4 Å². The Balaban J connectivity index is 1.05. The van der Waals surface area contributed by atoms with Gasteiger partial charge in [-0.3, -0.25) is 14.5 Å². The van der Waals surface area contributed by atoms with E-state index in [9.17, 15) is 18.4 Å². The van der Waals surface area contributed by atoms with Crippen molar-refractivity contribution in [2.24, 2.45) is 7.05 Å². The van der Waals surface area contributed by atoms with Crippen LogP contribution in [0.3, 0.4) is 0 Å². The fraction of sp³-hybridized carbons (Fsp3) is 0.270. The van der Waals surface area contributed by atoms with E-state index in [0.717, 1.165) is 16.5 Å². The van der Waals surface area contributed by atoms with Crippen LogP contribution in [0.2, 0.25) is 10.0 Å². The number of piperazine rings is 1. The van der Waals surface area contributed by atoms with Crippen LogP contribution in [0.4, 0.5) is 14.5 Å². The van der Waals surface area contributed by atoms with E-state index in [0.29, 0.717) is 77.1 Å². The molecule has 2 amide bonds. The van der Waals surface area contributed by atoms with Crippen molar-refractivity contribution in [1.29, 1.82) is 0 Å². The van der Waals surface area contributed by atoms with E-state index in [1.165, 1.54) is 11.0 Å². The summed E-state index contributed by atoms with van der Waals surface area (Å²) in [5.74, 6) is 1.03. The molecule has 0 N–H and O–H groups in total. The van der Waals surface area contributed by atoms with Crippen molar-refractivity contribution in [2.75, 3.05) is 51.5 Å². The molecule has 1 aliphatic rings. The fourth-order valence-electron chi connectivity index (χ4n) is 5.77. The van der Waals surface area contributed by atoms with Gasteiger partial charge in [0.2, 0.25) is 5.88 Å². The zero-order valence-electron chi connectivity index (χ0n) is 27.5. The number of benzene rings is 3. The smallest absolute Gasteiger partial charge is 0.270 e. The van der Waals surface area contributed by atoms with Crippen molar-refractivity contribution in [2.45, 2.75) is 12.6 Å². The van der Waals surface area contributed by atoms with Gasteiger partial charge in [-0.05, 0) is 60.2 Å². The van der Waals surface area contributed by atoms with E-state index >= 15 is 0 Å². The predicted molar refractivity (Wildman–Crippen MR) is 190 cm³/mol. The summed E-state index contributed by atoms with van der Waals surface area (Å²) in [6.45, 7) is 1.53. The number of aryl methyl sites for hydroxylation is 1. The molecule has 5 aromatic rings. The van der Waals surface area contributed by atoms with Crippen molar-refractivity contribution >= 4 is 51.6 Å². The summed E-state index contributed by atoms with van der Waals surface area (Å²) in [5, 5.41) is 1.58.